The van der Waals surface area contributed by atoms with Crippen LogP contribution in [0.2, 0.25) is 0 Å². The van der Waals surface area contributed by atoms with Crippen LogP contribution >= 0.6 is 0 Å². The van der Waals surface area contributed by atoms with Gasteiger partial charge in [0.25, 0.3) is 0 Å². The Morgan fingerprint density at radius 2 is 1.76 bits per heavy atom. The summed E-state index contributed by atoms with van der Waals surface area (Å²) in [4.78, 5) is 10.9. The van der Waals surface area contributed by atoms with Gasteiger partial charge in [0.1, 0.15) is 5.82 Å². The number of hydrogen-bond acceptors (Lipinski definition) is 2. The van der Waals surface area contributed by atoms with Crippen LogP contribution in [-0.2, 0) is 11.2 Å². The molecule has 0 radical (unpaired) electrons. The van der Waals surface area contributed by atoms with Crippen LogP contribution < -0.4 is 5.11 Å². The number of aromatic nitrogens is 1. The molecule has 3 aromatic rings. The SMILES string of the molecule is Cc1cccc(-n2c(CCC(=O)[O-])ccc2-c2ccc(F)cc2)c1C. The zero-order chi connectivity index (χ0) is 18.0. The predicted molar refractivity (Wildman–Crippen MR) is 94.0 cm³/mol. The number of aliphatic carboxylic acids is 1. The summed E-state index contributed by atoms with van der Waals surface area (Å²) in [7, 11) is 0. The minimum absolute atomic E-state index is 0.0439. The number of halogens is 1. The van der Waals surface area contributed by atoms with Gasteiger partial charge in [-0.1, -0.05) is 12.1 Å². The smallest absolute Gasteiger partial charge is 0.123 e. The normalized spacial score (nSPS) is 10.8. The van der Waals surface area contributed by atoms with Crippen LogP contribution in [0.25, 0.3) is 16.9 Å². The number of carbonyl (C=O) groups excluding carboxylic acids is 1. The second-order valence-corrected chi connectivity index (χ2v) is 6.14. The quantitative estimate of drug-likeness (QED) is 0.715. The lowest BCUT2D eigenvalue weighted by Gasteiger charge is -2.18. The van der Waals surface area contributed by atoms with E-state index >= 15 is 0 Å². The summed E-state index contributed by atoms with van der Waals surface area (Å²) in [5.74, 6) is -1.36. The van der Waals surface area contributed by atoms with Gasteiger partial charge in [-0.3, -0.25) is 0 Å². The fourth-order valence-corrected chi connectivity index (χ4v) is 3.01. The molecule has 4 heteroatoms. The van der Waals surface area contributed by atoms with Crippen molar-refractivity contribution in [2.75, 3.05) is 0 Å². The molecule has 0 bridgehead atoms. The average molecular weight is 336 g/mol. The lowest BCUT2D eigenvalue weighted by atomic mass is 10.1. The molecule has 0 saturated carbocycles. The third kappa shape index (κ3) is 3.48. The number of carboxylic acid groups (broad SMARTS) is 1. The molecule has 128 valence electrons. The number of rotatable bonds is 5. The number of benzene rings is 2. The second-order valence-electron chi connectivity index (χ2n) is 6.14. The average Bonchev–Trinajstić information content (AvgIpc) is 3.00. The molecule has 2 aromatic carbocycles. The van der Waals surface area contributed by atoms with E-state index in [1.54, 1.807) is 12.1 Å². The molecule has 1 aromatic heterocycles. The molecular formula is C21H19FNO2-. The topological polar surface area (TPSA) is 45.1 Å². The number of carboxylic acids is 1. The molecule has 0 unspecified atom stereocenters. The summed E-state index contributed by atoms with van der Waals surface area (Å²) in [6, 6.07) is 16.2. The molecular weight excluding hydrogens is 317 g/mol. The molecule has 0 atom stereocenters. The van der Waals surface area contributed by atoms with Gasteiger partial charge in [-0.15, -0.1) is 0 Å². The number of aryl methyl sites for hydroxylation is 2. The van der Waals surface area contributed by atoms with E-state index in [0.29, 0.717) is 6.42 Å². The van der Waals surface area contributed by atoms with Crippen LogP contribution in [0, 0.1) is 19.7 Å². The molecule has 0 amide bonds. The summed E-state index contributed by atoms with van der Waals surface area (Å²) in [6.07, 6.45) is 0.328. The summed E-state index contributed by atoms with van der Waals surface area (Å²) in [6.45, 7) is 4.09. The first-order chi connectivity index (χ1) is 12.0. The fourth-order valence-electron chi connectivity index (χ4n) is 3.01. The van der Waals surface area contributed by atoms with Crippen LogP contribution in [0.4, 0.5) is 4.39 Å². The van der Waals surface area contributed by atoms with E-state index in [1.807, 2.05) is 44.2 Å². The van der Waals surface area contributed by atoms with E-state index in [9.17, 15) is 14.3 Å². The van der Waals surface area contributed by atoms with Crippen molar-refractivity contribution in [2.45, 2.75) is 26.7 Å². The summed E-state index contributed by atoms with van der Waals surface area (Å²) >= 11 is 0. The van der Waals surface area contributed by atoms with Crippen molar-refractivity contribution < 1.29 is 14.3 Å². The van der Waals surface area contributed by atoms with Crippen molar-refractivity contribution in [3.8, 4) is 16.9 Å². The monoisotopic (exact) mass is 336 g/mol. The maximum Gasteiger partial charge on any atom is 0.123 e. The van der Waals surface area contributed by atoms with Gasteiger partial charge in [0.15, 0.2) is 0 Å². The van der Waals surface area contributed by atoms with E-state index in [1.165, 1.54) is 12.1 Å². The van der Waals surface area contributed by atoms with Crippen molar-refractivity contribution in [2.24, 2.45) is 0 Å². The van der Waals surface area contributed by atoms with Crippen molar-refractivity contribution in [1.29, 1.82) is 0 Å². The van der Waals surface area contributed by atoms with E-state index < -0.39 is 5.97 Å². The Kier molecular flexibility index (Phi) is 4.70. The summed E-state index contributed by atoms with van der Waals surface area (Å²) in [5, 5.41) is 10.9. The molecule has 0 N–H and O–H groups in total. The molecule has 0 aliphatic carbocycles. The first-order valence-corrected chi connectivity index (χ1v) is 8.20. The fraction of sp³-hybridized carbons (Fsp3) is 0.190. The molecule has 1 heterocycles. The summed E-state index contributed by atoms with van der Waals surface area (Å²) in [5.41, 5.74) is 5.94. The Morgan fingerprint density at radius 1 is 1.04 bits per heavy atom. The molecule has 0 spiro atoms. The third-order valence-corrected chi connectivity index (χ3v) is 4.50. The Balaban J connectivity index is 2.17. The molecule has 25 heavy (non-hydrogen) atoms. The van der Waals surface area contributed by atoms with Gasteiger partial charge in [-0.05, 0) is 85.8 Å². The van der Waals surface area contributed by atoms with Crippen LogP contribution in [0.1, 0.15) is 23.2 Å². The van der Waals surface area contributed by atoms with Crippen LogP contribution in [-0.4, -0.2) is 10.5 Å². The van der Waals surface area contributed by atoms with Gasteiger partial charge in [0.05, 0.1) is 5.69 Å². The van der Waals surface area contributed by atoms with Crippen LogP contribution in [0.5, 0.6) is 0 Å². The highest BCUT2D eigenvalue weighted by Gasteiger charge is 2.14. The number of nitrogens with zero attached hydrogens (tertiary/aromatic N) is 1. The number of hydrogen-bond donors (Lipinski definition) is 0. The Bertz CT molecular complexity index is 910. The van der Waals surface area contributed by atoms with Gasteiger partial charge >= 0.3 is 0 Å². The number of carbonyl (C=O) groups is 1. The lowest BCUT2D eigenvalue weighted by molar-refractivity contribution is -0.305. The molecule has 0 saturated heterocycles. The van der Waals surface area contributed by atoms with E-state index in [0.717, 1.165) is 33.8 Å². The van der Waals surface area contributed by atoms with Crippen molar-refractivity contribution in [3.63, 3.8) is 0 Å². The van der Waals surface area contributed by atoms with Crippen molar-refractivity contribution >= 4 is 5.97 Å². The molecule has 3 nitrogen and oxygen atoms in total. The Hall–Kier alpha value is -2.88. The minimum atomic E-state index is -1.07. The van der Waals surface area contributed by atoms with Gasteiger partial charge < -0.3 is 14.5 Å². The van der Waals surface area contributed by atoms with Crippen molar-refractivity contribution in [1.82, 2.24) is 4.57 Å². The van der Waals surface area contributed by atoms with Gasteiger partial charge in [-0.2, -0.15) is 0 Å². The lowest BCUT2D eigenvalue weighted by Crippen LogP contribution is -2.22. The second kappa shape index (κ2) is 6.93. The highest BCUT2D eigenvalue weighted by Crippen LogP contribution is 2.30. The standard InChI is InChI=1S/C21H20FNO2/c1-14-4-3-5-19(15(14)2)23-18(11-13-21(24)25)10-12-20(23)16-6-8-17(22)9-7-16/h3-10,12H,11,13H2,1-2H3,(H,24,25)/p-1. The highest BCUT2D eigenvalue weighted by molar-refractivity contribution is 5.67. The van der Waals surface area contributed by atoms with Crippen LogP contribution in [0.3, 0.4) is 0 Å². The van der Waals surface area contributed by atoms with E-state index in [2.05, 4.69) is 4.57 Å². The van der Waals surface area contributed by atoms with Gasteiger partial charge in [-0.25, -0.2) is 4.39 Å². The maximum absolute atomic E-state index is 13.3. The zero-order valence-electron chi connectivity index (χ0n) is 14.3. The largest absolute Gasteiger partial charge is 0.550 e. The van der Waals surface area contributed by atoms with Crippen LogP contribution in [0.15, 0.2) is 54.6 Å². The first kappa shape index (κ1) is 17.0. The van der Waals surface area contributed by atoms with E-state index in [-0.39, 0.29) is 12.2 Å². The third-order valence-electron chi connectivity index (χ3n) is 4.50. The van der Waals surface area contributed by atoms with Gasteiger partial charge in [0, 0.05) is 17.4 Å². The molecule has 0 fully saturated rings. The molecule has 0 aliphatic heterocycles. The minimum Gasteiger partial charge on any atom is -0.550 e. The van der Waals surface area contributed by atoms with Gasteiger partial charge in [0.2, 0.25) is 0 Å². The molecule has 0 aliphatic rings. The Labute approximate surface area is 146 Å². The highest BCUT2D eigenvalue weighted by atomic mass is 19.1. The summed E-state index contributed by atoms with van der Waals surface area (Å²) < 4.78 is 15.3. The zero-order valence-corrected chi connectivity index (χ0v) is 14.3. The maximum atomic E-state index is 13.3. The Morgan fingerprint density at radius 3 is 2.44 bits per heavy atom. The molecule has 3 rings (SSSR count). The van der Waals surface area contributed by atoms with Crippen molar-refractivity contribution in [3.05, 3.63) is 77.2 Å². The van der Waals surface area contributed by atoms with E-state index in [4.69, 9.17) is 0 Å². The predicted octanol–water partition coefficient (Wildman–Crippen LogP) is 3.58. The first-order valence-electron chi connectivity index (χ1n) is 8.20.